The van der Waals surface area contributed by atoms with Crippen LogP contribution in [-0.4, -0.2) is 0 Å². The third-order valence-corrected chi connectivity index (χ3v) is 2.26. The van der Waals surface area contributed by atoms with Gasteiger partial charge in [-0.15, -0.1) is 0 Å². The zero-order chi connectivity index (χ0) is 9.78. The molecule has 0 atom stereocenters. The molecular formula is C13H25. The van der Waals surface area contributed by atoms with Crippen molar-refractivity contribution in [3.8, 4) is 0 Å². The third kappa shape index (κ3) is 11.7. The number of hydrogen-bond donors (Lipinski definition) is 0. The summed E-state index contributed by atoms with van der Waals surface area (Å²) in [5.41, 5.74) is 0. The molecule has 0 nitrogen and oxygen atoms in total. The molecule has 0 unspecified atom stereocenters. The number of hydrogen-bond acceptors (Lipinski definition) is 0. The Hall–Kier alpha value is -0.260. The van der Waals surface area contributed by atoms with Gasteiger partial charge in [-0.3, -0.25) is 0 Å². The quantitative estimate of drug-likeness (QED) is 0.350. The van der Waals surface area contributed by atoms with Gasteiger partial charge in [0, 0.05) is 0 Å². The lowest BCUT2D eigenvalue weighted by molar-refractivity contribution is 0.691. The summed E-state index contributed by atoms with van der Waals surface area (Å²) in [6.07, 6.45) is 16.4. The lowest BCUT2D eigenvalue weighted by Gasteiger charge is -1.94. The van der Waals surface area contributed by atoms with Gasteiger partial charge in [0.25, 0.3) is 0 Å². The van der Waals surface area contributed by atoms with Crippen LogP contribution in [0.25, 0.3) is 0 Å². The lowest BCUT2D eigenvalue weighted by atomic mass is 10.1. The van der Waals surface area contributed by atoms with E-state index in [1.54, 1.807) is 0 Å². The smallest absolute Gasteiger partial charge is 0.0351 e. The van der Waals surface area contributed by atoms with Gasteiger partial charge >= 0.3 is 0 Å². The fourth-order valence-corrected chi connectivity index (χ4v) is 1.36. The first-order chi connectivity index (χ1) is 6.41. The summed E-state index contributed by atoms with van der Waals surface area (Å²) >= 11 is 0. The van der Waals surface area contributed by atoms with Crippen molar-refractivity contribution in [2.24, 2.45) is 0 Å². The molecule has 1 radical (unpaired) electrons. The maximum absolute atomic E-state index is 3.84. The topological polar surface area (TPSA) is 0 Å². The van der Waals surface area contributed by atoms with E-state index in [0.717, 1.165) is 6.42 Å². The van der Waals surface area contributed by atoms with Gasteiger partial charge in [-0.1, -0.05) is 58.1 Å². The molecule has 0 rings (SSSR count). The molecule has 77 valence electrons. The summed E-state index contributed by atoms with van der Waals surface area (Å²) < 4.78 is 0. The highest BCUT2D eigenvalue weighted by atomic mass is 13.9. The molecule has 0 aromatic heterocycles. The van der Waals surface area contributed by atoms with Crippen molar-refractivity contribution in [2.45, 2.75) is 64.7 Å². The third-order valence-electron chi connectivity index (χ3n) is 2.26. The first-order valence-corrected chi connectivity index (χ1v) is 5.86. The Kier molecular flexibility index (Phi) is 11.5. The van der Waals surface area contributed by atoms with Crippen LogP contribution in [0.5, 0.6) is 0 Å². The van der Waals surface area contributed by atoms with E-state index >= 15 is 0 Å². The Bertz CT molecular complexity index is 103. The second kappa shape index (κ2) is 11.7. The van der Waals surface area contributed by atoms with Gasteiger partial charge in [0.05, 0.1) is 0 Å². The van der Waals surface area contributed by atoms with Crippen molar-refractivity contribution in [3.05, 3.63) is 19.1 Å². The average molecular weight is 181 g/mol. The Balaban J connectivity index is 2.95. The Morgan fingerprint density at radius 3 is 2.00 bits per heavy atom. The van der Waals surface area contributed by atoms with E-state index in [-0.39, 0.29) is 0 Å². The van der Waals surface area contributed by atoms with Crippen molar-refractivity contribution in [1.29, 1.82) is 0 Å². The summed E-state index contributed by atoms with van der Waals surface area (Å²) in [6, 6.07) is 0. The van der Waals surface area contributed by atoms with E-state index in [2.05, 4.69) is 26.0 Å². The highest BCUT2D eigenvalue weighted by molar-refractivity contribution is 4.81. The predicted molar refractivity (Wildman–Crippen MR) is 61.7 cm³/mol. The molecule has 0 saturated carbocycles. The Labute approximate surface area is 84.4 Å². The molecule has 0 aliphatic heterocycles. The predicted octanol–water partition coefficient (Wildman–Crippen LogP) is 4.91. The van der Waals surface area contributed by atoms with Crippen LogP contribution >= 0.6 is 0 Å². The first kappa shape index (κ1) is 12.7. The monoisotopic (exact) mass is 181 g/mol. The zero-order valence-electron chi connectivity index (χ0n) is 9.23. The fraction of sp³-hybridized carbons (Fsp3) is 0.769. The van der Waals surface area contributed by atoms with Gasteiger partial charge in [0.15, 0.2) is 0 Å². The van der Waals surface area contributed by atoms with Crippen molar-refractivity contribution < 1.29 is 0 Å². The van der Waals surface area contributed by atoms with Crippen LogP contribution < -0.4 is 0 Å². The summed E-state index contributed by atoms with van der Waals surface area (Å²) in [7, 11) is 0. The maximum atomic E-state index is 3.84. The van der Waals surface area contributed by atoms with Crippen molar-refractivity contribution in [2.75, 3.05) is 0 Å². The molecule has 0 spiro atoms. The number of allylic oxidation sites excluding steroid dienone is 2. The van der Waals surface area contributed by atoms with Crippen molar-refractivity contribution >= 4 is 0 Å². The lowest BCUT2D eigenvalue weighted by Crippen LogP contribution is -1.74. The maximum Gasteiger partial charge on any atom is -0.0351 e. The minimum absolute atomic E-state index is 1.10. The molecule has 0 bridgehead atoms. The molecule has 0 aromatic carbocycles. The normalized spacial score (nSPS) is 11.2. The highest BCUT2D eigenvalue weighted by Crippen LogP contribution is 2.04. The molecule has 0 heterocycles. The standard InChI is InChI=1S/C13H25/c1-3-5-7-9-11-13-12-10-8-6-4-2/h12-13H,1,3-11H2,2H3. The molecule has 0 amide bonds. The minimum atomic E-state index is 1.10. The van der Waals surface area contributed by atoms with Crippen molar-refractivity contribution in [3.63, 3.8) is 0 Å². The highest BCUT2D eigenvalue weighted by Gasteiger charge is 1.84. The molecular weight excluding hydrogens is 156 g/mol. The zero-order valence-corrected chi connectivity index (χ0v) is 9.23. The summed E-state index contributed by atoms with van der Waals surface area (Å²) in [4.78, 5) is 0. The number of rotatable bonds is 9. The summed E-state index contributed by atoms with van der Waals surface area (Å²) in [6.45, 7) is 6.09. The second-order valence-corrected chi connectivity index (χ2v) is 3.67. The van der Waals surface area contributed by atoms with Gasteiger partial charge in [-0.05, 0) is 25.7 Å². The van der Waals surface area contributed by atoms with Crippen molar-refractivity contribution in [1.82, 2.24) is 0 Å². The number of unbranched alkanes of at least 4 members (excludes halogenated alkanes) is 7. The van der Waals surface area contributed by atoms with Crippen LogP contribution in [0.1, 0.15) is 64.7 Å². The van der Waals surface area contributed by atoms with Gasteiger partial charge in [-0.2, -0.15) is 0 Å². The van der Waals surface area contributed by atoms with E-state index in [0.29, 0.717) is 0 Å². The van der Waals surface area contributed by atoms with Crippen LogP contribution in [0, 0.1) is 6.92 Å². The van der Waals surface area contributed by atoms with E-state index in [4.69, 9.17) is 0 Å². The SMILES string of the molecule is [CH2]CCCCCC=CCCCCC. The van der Waals surface area contributed by atoms with E-state index < -0.39 is 0 Å². The average Bonchev–Trinajstić information content (AvgIpc) is 2.16. The van der Waals surface area contributed by atoms with Crippen LogP contribution in [0.2, 0.25) is 0 Å². The molecule has 0 aliphatic rings. The molecule has 0 aromatic rings. The molecule has 0 aliphatic carbocycles. The van der Waals surface area contributed by atoms with Crippen LogP contribution in [0.4, 0.5) is 0 Å². The fourth-order valence-electron chi connectivity index (χ4n) is 1.36. The van der Waals surface area contributed by atoms with E-state index in [9.17, 15) is 0 Å². The molecule has 0 heteroatoms. The minimum Gasteiger partial charge on any atom is -0.0885 e. The second-order valence-electron chi connectivity index (χ2n) is 3.67. The van der Waals surface area contributed by atoms with Gasteiger partial charge in [0.2, 0.25) is 0 Å². The summed E-state index contributed by atoms with van der Waals surface area (Å²) in [5.74, 6) is 0. The molecule has 13 heavy (non-hydrogen) atoms. The van der Waals surface area contributed by atoms with E-state index in [1.807, 2.05) is 0 Å². The molecule has 0 saturated heterocycles. The van der Waals surface area contributed by atoms with Crippen LogP contribution in [0.15, 0.2) is 12.2 Å². The Morgan fingerprint density at radius 1 is 0.846 bits per heavy atom. The summed E-state index contributed by atoms with van der Waals surface area (Å²) in [5, 5.41) is 0. The first-order valence-electron chi connectivity index (χ1n) is 5.86. The van der Waals surface area contributed by atoms with Crippen LogP contribution in [-0.2, 0) is 0 Å². The molecule has 0 N–H and O–H groups in total. The van der Waals surface area contributed by atoms with Gasteiger partial charge < -0.3 is 0 Å². The van der Waals surface area contributed by atoms with Gasteiger partial charge in [-0.25, -0.2) is 0 Å². The van der Waals surface area contributed by atoms with E-state index in [1.165, 1.54) is 51.4 Å². The van der Waals surface area contributed by atoms with Gasteiger partial charge in [0.1, 0.15) is 0 Å². The largest absolute Gasteiger partial charge is 0.0885 e. The molecule has 0 fully saturated rings. The van der Waals surface area contributed by atoms with Crippen LogP contribution in [0.3, 0.4) is 0 Å². The Morgan fingerprint density at radius 2 is 1.46 bits per heavy atom.